The molecule has 0 amide bonds. The number of rotatable bonds is 2. The molecular formula is C13H4F6O. The van der Waals surface area contributed by atoms with E-state index in [9.17, 15) is 31.1 Å². The van der Waals surface area contributed by atoms with Crippen molar-refractivity contribution < 1.29 is 31.1 Å². The van der Waals surface area contributed by atoms with E-state index in [0.29, 0.717) is 0 Å². The summed E-state index contributed by atoms with van der Waals surface area (Å²) in [6.07, 6.45) is 0. The van der Waals surface area contributed by atoms with E-state index < -0.39 is 51.8 Å². The molecular weight excluding hydrogens is 286 g/mol. The Bertz CT molecular complexity index is 651. The van der Waals surface area contributed by atoms with E-state index in [2.05, 4.69) is 0 Å². The van der Waals surface area contributed by atoms with Gasteiger partial charge in [-0.1, -0.05) is 0 Å². The van der Waals surface area contributed by atoms with Crippen LogP contribution in [0.15, 0.2) is 24.3 Å². The lowest BCUT2D eigenvalue weighted by molar-refractivity contribution is 0.103. The Kier molecular flexibility index (Phi) is 3.52. The Morgan fingerprint density at radius 1 is 0.550 bits per heavy atom. The molecule has 2 aromatic carbocycles. The van der Waals surface area contributed by atoms with E-state index in [-0.39, 0.29) is 24.3 Å². The quantitative estimate of drug-likeness (QED) is 0.467. The molecule has 2 aromatic rings. The minimum Gasteiger partial charge on any atom is -0.288 e. The summed E-state index contributed by atoms with van der Waals surface area (Å²) in [7, 11) is 0. The topological polar surface area (TPSA) is 17.1 Å². The van der Waals surface area contributed by atoms with Gasteiger partial charge in [-0.05, 0) is 12.1 Å². The van der Waals surface area contributed by atoms with Crippen LogP contribution in [0.5, 0.6) is 0 Å². The van der Waals surface area contributed by atoms with Gasteiger partial charge in [-0.25, -0.2) is 26.3 Å². The third-order valence-electron chi connectivity index (χ3n) is 2.51. The van der Waals surface area contributed by atoms with Gasteiger partial charge in [0.2, 0.25) is 0 Å². The summed E-state index contributed by atoms with van der Waals surface area (Å²) in [5.74, 6) is -10.5. The summed E-state index contributed by atoms with van der Waals surface area (Å²) in [5, 5.41) is 0. The number of hydrogen-bond acceptors (Lipinski definition) is 1. The average Bonchev–Trinajstić information content (AvgIpc) is 2.37. The van der Waals surface area contributed by atoms with E-state index >= 15 is 0 Å². The predicted molar refractivity (Wildman–Crippen MR) is 56.1 cm³/mol. The van der Waals surface area contributed by atoms with Crippen LogP contribution in [0, 0.1) is 34.9 Å². The fraction of sp³-hybridized carbons (Fsp3) is 0. The highest BCUT2D eigenvalue weighted by molar-refractivity contribution is 6.09. The molecule has 0 aliphatic heterocycles. The number of halogens is 6. The number of carbonyl (C=O) groups is 1. The second kappa shape index (κ2) is 4.99. The molecule has 0 unspecified atom stereocenters. The summed E-state index contributed by atoms with van der Waals surface area (Å²) in [6.45, 7) is 0. The van der Waals surface area contributed by atoms with Crippen LogP contribution in [0.2, 0.25) is 0 Å². The van der Waals surface area contributed by atoms with Crippen molar-refractivity contribution in [3.8, 4) is 0 Å². The predicted octanol–water partition coefficient (Wildman–Crippen LogP) is 3.75. The first kappa shape index (κ1) is 14.1. The second-order valence-corrected chi connectivity index (χ2v) is 3.82. The summed E-state index contributed by atoms with van der Waals surface area (Å²) < 4.78 is 78.1. The first-order chi connectivity index (χ1) is 9.31. The third-order valence-corrected chi connectivity index (χ3v) is 2.51. The van der Waals surface area contributed by atoms with Crippen molar-refractivity contribution >= 4 is 5.78 Å². The molecule has 0 saturated heterocycles. The molecule has 0 radical (unpaired) electrons. The summed E-state index contributed by atoms with van der Waals surface area (Å²) in [6, 6.07) is 0.627. The van der Waals surface area contributed by atoms with Crippen LogP contribution in [-0.4, -0.2) is 5.78 Å². The molecule has 0 bridgehead atoms. The number of carbonyl (C=O) groups excluding carboxylic acids is 1. The highest BCUT2D eigenvalue weighted by Crippen LogP contribution is 2.21. The van der Waals surface area contributed by atoms with Gasteiger partial charge in [-0.15, -0.1) is 0 Å². The van der Waals surface area contributed by atoms with E-state index in [0.717, 1.165) is 0 Å². The standard InChI is InChI=1S/C13H4F6O/c14-7-3-11(18)9(16)1-5(7)13(20)6-2-10(17)12(19)4-8(6)15/h1-4H. The van der Waals surface area contributed by atoms with Gasteiger partial charge in [0.25, 0.3) is 0 Å². The van der Waals surface area contributed by atoms with Crippen molar-refractivity contribution in [3.05, 3.63) is 70.3 Å². The molecule has 0 aromatic heterocycles. The summed E-state index contributed by atoms with van der Waals surface area (Å²) in [4.78, 5) is 11.8. The fourth-order valence-corrected chi connectivity index (χ4v) is 1.54. The lowest BCUT2D eigenvalue weighted by Gasteiger charge is -2.05. The monoisotopic (exact) mass is 290 g/mol. The Balaban J connectivity index is 2.57. The van der Waals surface area contributed by atoms with Crippen LogP contribution >= 0.6 is 0 Å². The van der Waals surface area contributed by atoms with Gasteiger partial charge in [-0.2, -0.15) is 0 Å². The molecule has 0 atom stereocenters. The van der Waals surface area contributed by atoms with Gasteiger partial charge < -0.3 is 0 Å². The second-order valence-electron chi connectivity index (χ2n) is 3.82. The van der Waals surface area contributed by atoms with Gasteiger partial charge in [-0.3, -0.25) is 4.79 Å². The van der Waals surface area contributed by atoms with E-state index in [1.54, 1.807) is 0 Å². The highest BCUT2D eigenvalue weighted by atomic mass is 19.2. The van der Waals surface area contributed by atoms with Crippen molar-refractivity contribution in [1.29, 1.82) is 0 Å². The fourth-order valence-electron chi connectivity index (χ4n) is 1.54. The minimum atomic E-state index is -1.54. The molecule has 0 N–H and O–H groups in total. The Hall–Kier alpha value is -2.31. The first-order valence-corrected chi connectivity index (χ1v) is 5.15. The van der Waals surface area contributed by atoms with E-state index in [4.69, 9.17) is 0 Å². The maximum atomic E-state index is 13.4. The van der Waals surface area contributed by atoms with Gasteiger partial charge in [0.15, 0.2) is 29.1 Å². The van der Waals surface area contributed by atoms with Crippen LogP contribution in [0.4, 0.5) is 26.3 Å². The van der Waals surface area contributed by atoms with Crippen molar-refractivity contribution in [1.82, 2.24) is 0 Å². The van der Waals surface area contributed by atoms with Crippen LogP contribution in [0.1, 0.15) is 15.9 Å². The third kappa shape index (κ3) is 2.38. The average molecular weight is 290 g/mol. The van der Waals surface area contributed by atoms with Crippen LogP contribution in [0.25, 0.3) is 0 Å². The van der Waals surface area contributed by atoms with Gasteiger partial charge in [0.1, 0.15) is 11.6 Å². The number of hydrogen-bond donors (Lipinski definition) is 0. The zero-order valence-electron chi connectivity index (χ0n) is 9.49. The van der Waals surface area contributed by atoms with Crippen LogP contribution in [0.3, 0.4) is 0 Å². The van der Waals surface area contributed by atoms with Crippen molar-refractivity contribution in [2.24, 2.45) is 0 Å². The van der Waals surface area contributed by atoms with Crippen molar-refractivity contribution in [2.75, 3.05) is 0 Å². The van der Waals surface area contributed by atoms with Crippen LogP contribution < -0.4 is 0 Å². The van der Waals surface area contributed by atoms with E-state index in [1.807, 2.05) is 0 Å². The molecule has 2 rings (SSSR count). The summed E-state index contributed by atoms with van der Waals surface area (Å²) in [5.41, 5.74) is -1.98. The molecule has 0 saturated carbocycles. The van der Waals surface area contributed by atoms with Crippen molar-refractivity contribution in [2.45, 2.75) is 0 Å². The van der Waals surface area contributed by atoms with E-state index in [1.165, 1.54) is 0 Å². The smallest absolute Gasteiger partial charge is 0.199 e. The Morgan fingerprint density at radius 2 is 0.850 bits per heavy atom. The number of ketones is 1. The van der Waals surface area contributed by atoms with Crippen LogP contribution in [-0.2, 0) is 0 Å². The lowest BCUT2D eigenvalue weighted by atomic mass is 10.0. The maximum Gasteiger partial charge on any atom is 0.199 e. The molecule has 1 nitrogen and oxygen atoms in total. The SMILES string of the molecule is O=C(c1cc(F)c(F)cc1F)c1cc(F)c(F)cc1F. The zero-order chi connectivity index (χ0) is 15.0. The molecule has 0 spiro atoms. The maximum absolute atomic E-state index is 13.4. The molecule has 0 aliphatic carbocycles. The molecule has 20 heavy (non-hydrogen) atoms. The first-order valence-electron chi connectivity index (χ1n) is 5.15. The van der Waals surface area contributed by atoms with Crippen molar-refractivity contribution in [3.63, 3.8) is 0 Å². The summed E-state index contributed by atoms with van der Waals surface area (Å²) >= 11 is 0. The Labute approximate surface area is 108 Å². The van der Waals surface area contributed by atoms with Gasteiger partial charge in [0.05, 0.1) is 11.1 Å². The molecule has 0 fully saturated rings. The number of benzene rings is 2. The van der Waals surface area contributed by atoms with Gasteiger partial charge in [0, 0.05) is 12.1 Å². The molecule has 0 aliphatic rings. The zero-order valence-corrected chi connectivity index (χ0v) is 9.49. The highest BCUT2D eigenvalue weighted by Gasteiger charge is 2.22. The largest absolute Gasteiger partial charge is 0.288 e. The van der Waals surface area contributed by atoms with Gasteiger partial charge >= 0.3 is 0 Å². The molecule has 7 heteroatoms. The molecule has 0 heterocycles. The minimum absolute atomic E-state index is 0.0976. The molecule has 104 valence electrons. The lowest BCUT2D eigenvalue weighted by Crippen LogP contribution is -2.09. The Morgan fingerprint density at radius 3 is 1.20 bits per heavy atom. The normalized spacial score (nSPS) is 10.7.